The molecule has 0 aliphatic carbocycles. The summed E-state index contributed by atoms with van der Waals surface area (Å²) in [5.41, 5.74) is 3.12. The van der Waals surface area contributed by atoms with E-state index in [0.29, 0.717) is 12.1 Å². The summed E-state index contributed by atoms with van der Waals surface area (Å²) >= 11 is 1.55. The predicted octanol–water partition coefficient (Wildman–Crippen LogP) is 5.59. The molecule has 0 radical (unpaired) electrons. The summed E-state index contributed by atoms with van der Waals surface area (Å²) in [5, 5.41) is 14.8. The molecule has 1 unspecified atom stereocenters. The van der Waals surface area contributed by atoms with E-state index < -0.39 is 17.9 Å². The Bertz CT molecular complexity index is 1100. The summed E-state index contributed by atoms with van der Waals surface area (Å²) in [4.78, 5) is 30.8. The van der Waals surface area contributed by atoms with E-state index in [1.165, 1.54) is 12.1 Å². The third kappa shape index (κ3) is 6.63. The number of rotatable bonds is 11. The zero-order valence-electron chi connectivity index (χ0n) is 19.6. The first-order valence-electron chi connectivity index (χ1n) is 11.4. The number of carbonyl (C=O) groups is 2. The van der Waals surface area contributed by atoms with Gasteiger partial charge in [-0.2, -0.15) is 0 Å². The van der Waals surface area contributed by atoms with Crippen molar-refractivity contribution in [3.8, 4) is 11.3 Å². The monoisotopic (exact) mass is 483 g/mol. The Morgan fingerprint density at radius 3 is 2.38 bits per heavy atom. The van der Waals surface area contributed by atoms with Gasteiger partial charge in [0.25, 0.3) is 5.91 Å². The Morgan fingerprint density at radius 1 is 1.12 bits per heavy atom. The number of aromatic nitrogens is 1. The maximum absolute atomic E-state index is 13.3. The standard InChI is InChI=1S/C26H30FN3O3S/c1-4-5-14-30(26-28-22(16-34-26)19-10-12-21(27)13-11-19)15-18-6-8-20(9-7-18)24(31)29-23(17(2)3)25(32)33/h6-13,16-17,23H,4-5,14-15H2,1-3H3,(H,29,31)(H,32,33). The number of carboxylic acids is 1. The first-order chi connectivity index (χ1) is 16.3. The van der Waals surface area contributed by atoms with Gasteiger partial charge in [-0.1, -0.05) is 39.3 Å². The van der Waals surface area contributed by atoms with Crippen LogP contribution in [0, 0.1) is 11.7 Å². The van der Waals surface area contributed by atoms with Crippen LogP contribution in [0.4, 0.5) is 9.52 Å². The Balaban J connectivity index is 1.72. The van der Waals surface area contributed by atoms with Gasteiger partial charge in [-0.25, -0.2) is 14.2 Å². The maximum atomic E-state index is 13.3. The highest BCUT2D eigenvalue weighted by Crippen LogP contribution is 2.29. The summed E-state index contributed by atoms with van der Waals surface area (Å²) in [6.07, 6.45) is 2.06. The van der Waals surface area contributed by atoms with Crippen LogP contribution in [-0.4, -0.2) is 34.6 Å². The van der Waals surface area contributed by atoms with E-state index in [9.17, 15) is 19.1 Å². The average Bonchev–Trinajstić information content (AvgIpc) is 3.30. The Kier molecular flexibility index (Phi) is 8.76. The number of hydrogen-bond acceptors (Lipinski definition) is 5. The van der Waals surface area contributed by atoms with Crippen molar-refractivity contribution in [3.05, 3.63) is 70.9 Å². The Hall–Kier alpha value is -3.26. The number of carbonyl (C=O) groups excluding carboxylic acids is 1. The zero-order chi connectivity index (χ0) is 24.7. The third-order valence-electron chi connectivity index (χ3n) is 5.49. The van der Waals surface area contributed by atoms with Crippen LogP contribution in [0.5, 0.6) is 0 Å². The van der Waals surface area contributed by atoms with E-state index in [1.807, 2.05) is 17.5 Å². The van der Waals surface area contributed by atoms with Crippen LogP contribution in [-0.2, 0) is 11.3 Å². The number of halogens is 1. The number of thiazole rings is 1. The molecule has 6 nitrogen and oxygen atoms in total. The summed E-state index contributed by atoms with van der Waals surface area (Å²) in [6.45, 7) is 7.12. The first-order valence-corrected chi connectivity index (χ1v) is 12.3. The van der Waals surface area contributed by atoms with Crippen molar-refractivity contribution in [1.82, 2.24) is 10.3 Å². The van der Waals surface area contributed by atoms with Crippen LogP contribution in [0.1, 0.15) is 49.5 Å². The molecule has 3 rings (SSSR count). The SMILES string of the molecule is CCCCN(Cc1ccc(C(=O)NC(C(=O)O)C(C)C)cc1)c1nc(-c2ccc(F)cc2)cs1. The smallest absolute Gasteiger partial charge is 0.326 e. The summed E-state index contributed by atoms with van der Waals surface area (Å²) < 4.78 is 13.3. The molecule has 1 atom stereocenters. The van der Waals surface area contributed by atoms with Crippen LogP contribution >= 0.6 is 11.3 Å². The highest BCUT2D eigenvalue weighted by atomic mass is 32.1. The van der Waals surface area contributed by atoms with Gasteiger partial charge in [0.05, 0.1) is 5.69 Å². The van der Waals surface area contributed by atoms with E-state index in [4.69, 9.17) is 4.98 Å². The molecule has 1 heterocycles. The minimum atomic E-state index is -1.05. The number of nitrogens with one attached hydrogen (secondary N) is 1. The molecule has 0 aliphatic rings. The van der Waals surface area contributed by atoms with E-state index in [2.05, 4.69) is 17.1 Å². The zero-order valence-corrected chi connectivity index (χ0v) is 20.4. The number of nitrogens with zero attached hydrogens (tertiary/aromatic N) is 2. The van der Waals surface area contributed by atoms with Crippen molar-refractivity contribution in [3.63, 3.8) is 0 Å². The Morgan fingerprint density at radius 2 is 1.79 bits per heavy atom. The lowest BCUT2D eigenvalue weighted by Crippen LogP contribution is -2.44. The van der Waals surface area contributed by atoms with Crippen LogP contribution in [0.3, 0.4) is 0 Å². The van der Waals surface area contributed by atoms with Crippen molar-refractivity contribution in [2.24, 2.45) is 5.92 Å². The van der Waals surface area contributed by atoms with E-state index >= 15 is 0 Å². The first kappa shape index (κ1) is 25.4. The fourth-order valence-electron chi connectivity index (χ4n) is 3.47. The topological polar surface area (TPSA) is 82.5 Å². The second-order valence-corrected chi connectivity index (χ2v) is 9.36. The molecule has 3 aromatic rings. The number of anilines is 1. The van der Waals surface area contributed by atoms with Gasteiger partial charge in [0.15, 0.2) is 5.13 Å². The fraction of sp³-hybridized carbons (Fsp3) is 0.346. The molecule has 0 spiro atoms. The molecule has 180 valence electrons. The molecule has 0 aliphatic heterocycles. The molecule has 34 heavy (non-hydrogen) atoms. The second-order valence-electron chi connectivity index (χ2n) is 8.53. The van der Waals surface area contributed by atoms with Crippen LogP contribution in [0.25, 0.3) is 11.3 Å². The molecular formula is C26H30FN3O3S. The normalized spacial score (nSPS) is 11.9. The number of unbranched alkanes of at least 4 members (excludes halogenated alkanes) is 1. The van der Waals surface area contributed by atoms with Crippen LogP contribution in [0.15, 0.2) is 53.9 Å². The van der Waals surface area contributed by atoms with Gasteiger partial charge in [0, 0.05) is 29.6 Å². The van der Waals surface area contributed by atoms with Gasteiger partial charge in [-0.3, -0.25) is 4.79 Å². The van der Waals surface area contributed by atoms with Gasteiger partial charge in [-0.15, -0.1) is 11.3 Å². The van der Waals surface area contributed by atoms with Crippen molar-refractivity contribution in [1.29, 1.82) is 0 Å². The van der Waals surface area contributed by atoms with Gasteiger partial charge in [0.1, 0.15) is 11.9 Å². The predicted molar refractivity (Wildman–Crippen MR) is 134 cm³/mol. The van der Waals surface area contributed by atoms with E-state index in [0.717, 1.165) is 41.3 Å². The van der Waals surface area contributed by atoms with Crippen LogP contribution in [0.2, 0.25) is 0 Å². The number of amides is 1. The van der Waals surface area contributed by atoms with Gasteiger partial charge in [0.2, 0.25) is 0 Å². The van der Waals surface area contributed by atoms with E-state index in [1.54, 1.807) is 49.4 Å². The van der Waals surface area contributed by atoms with Crippen LogP contribution < -0.4 is 10.2 Å². The number of benzene rings is 2. The molecule has 2 aromatic carbocycles. The van der Waals surface area contributed by atoms with Crippen molar-refractivity contribution in [2.45, 2.75) is 46.2 Å². The van der Waals surface area contributed by atoms with Crippen molar-refractivity contribution in [2.75, 3.05) is 11.4 Å². The third-order valence-corrected chi connectivity index (χ3v) is 6.39. The molecule has 2 N–H and O–H groups in total. The van der Waals surface area contributed by atoms with Gasteiger partial charge >= 0.3 is 5.97 Å². The fourth-order valence-corrected chi connectivity index (χ4v) is 4.34. The van der Waals surface area contributed by atoms with Crippen molar-refractivity contribution < 1.29 is 19.1 Å². The molecule has 0 saturated heterocycles. The minimum absolute atomic E-state index is 0.217. The van der Waals surface area contributed by atoms with E-state index in [-0.39, 0.29) is 11.7 Å². The van der Waals surface area contributed by atoms with Gasteiger partial charge in [-0.05, 0) is 54.3 Å². The minimum Gasteiger partial charge on any atom is -0.480 e. The lowest BCUT2D eigenvalue weighted by molar-refractivity contribution is -0.140. The molecule has 1 aromatic heterocycles. The summed E-state index contributed by atoms with van der Waals surface area (Å²) in [7, 11) is 0. The number of aliphatic carboxylic acids is 1. The summed E-state index contributed by atoms with van der Waals surface area (Å²) in [6, 6.07) is 12.6. The molecule has 0 saturated carbocycles. The molecule has 1 amide bonds. The quantitative estimate of drug-likeness (QED) is 0.371. The largest absolute Gasteiger partial charge is 0.480 e. The average molecular weight is 484 g/mol. The highest BCUT2D eigenvalue weighted by Gasteiger charge is 2.24. The molecule has 0 bridgehead atoms. The highest BCUT2D eigenvalue weighted by molar-refractivity contribution is 7.14. The van der Waals surface area contributed by atoms with Crippen molar-refractivity contribution >= 4 is 28.3 Å². The number of carboxylic acid groups (broad SMARTS) is 1. The molecular weight excluding hydrogens is 453 g/mol. The maximum Gasteiger partial charge on any atom is 0.326 e. The lowest BCUT2D eigenvalue weighted by Gasteiger charge is -2.22. The summed E-state index contributed by atoms with van der Waals surface area (Å²) in [5.74, 6) is -1.94. The van der Waals surface area contributed by atoms with Gasteiger partial charge < -0.3 is 15.3 Å². The molecule has 8 heteroatoms. The lowest BCUT2D eigenvalue weighted by atomic mass is 10.0. The molecule has 0 fully saturated rings. The second kappa shape index (κ2) is 11.7. The number of hydrogen-bond donors (Lipinski definition) is 2. The Labute approximate surface area is 203 Å².